The number of rotatable bonds is 6. The Morgan fingerprint density at radius 1 is 1.35 bits per heavy atom. The van der Waals surface area contributed by atoms with E-state index < -0.39 is 29.1 Å². The minimum absolute atomic E-state index is 0.0796. The summed E-state index contributed by atoms with van der Waals surface area (Å²) in [6.45, 7) is 0.616. The number of hydrogen-bond donors (Lipinski definition) is 2. The van der Waals surface area contributed by atoms with Crippen LogP contribution >= 0.6 is 22.9 Å². The fraction of sp³-hybridized carbons (Fsp3) is 0.143. The molecule has 0 spiro atoms. The number of nitro benzene ring substituents is 1. The Labute approximate surface area is 155 Å². The van der Waals surface area contributed by atoms with E-state index in [1.54, 1.807) is 0 Å². The molecule has 2 N–H and O–H groups in total. The third kappa shape index (κ3) is 5.22. The Morgan fingerprint density at radius 2 is 2.08 bits per heavy atom. The molecule has 1 aromatic carbocycles. The number of aromatic nitrogens is 1. The number of amides is 2. The molecule has 0 saturated carbocycles. The highest BCUT2D eigenvalue weighted by atomic mass is 35.5. The number of anilines is 2. The second kappa shape index (κ2) is 8.36. The topological polar surface area (TPSA) is 141 Å². The van der Waals surface area contributed by atoms with Gasteiger partial charge in [0.1, 0.15) is 5.69 Å². The van der Waals surface area contributed by atoms with Crippen LogP contribution in [0.2, 0.25) is 5.02 Å². The fourth-order valence-electron chi connectivity index (χ4n) is 1.73. The van der Waals surface area contributed by atoms with Crippen molar-refractivity contribution in [2.75, 3.05) is 17.2 Å². The lowest BCUT2D eigenvalue weighted by Gasteiger charge is -2.06. The van der Waals surface area contributed by atoms with Gasteiger partial charge in [-0.25, -0.2) is 9.78 Å². The molecule has 0 aliphatic carbocycles. The molecule has 0 saturated heterocycles. The van der Waals surface area contributed by atoms with E-state index in [2.05, 4.69) is 15.6 Å². The first-order valence-corrected chi connectivity index (χ1v) is 8.16. The van der Waals surface area contributed by atoms with Gasteiger partial charge in [0.25, 0.3) is 11.6 Å². The van der Waals surface area contributed by atoms with Gasteiger partial charge < -0.3 is 15.4 Å². The molecule has 1 aromatic heterocycles. The molecule has 0 atom stereocenters. The van der Waals surface area contributed by atoms with Crippen LogP contribution in [0.4, 0.5) is 16.5 Å². The smallest absolute Gasteiger partial charge is 0.358 e. The molecule has 0 aliphatic heterocycles. The number of hydrogen-bond acceptors (Lipinski definition) is 8. The zero-order valence-electron chi connectivity index (χ0n) is 13.1. The number of carbonyl (C=O) groups excluding carboxylic acids is 3. The maximum absolute atomic E-state index is 11.8. The lowest BCUT2D eigenvalue weighted by atomic mass is 10.2. The Kier molecular flexibility index (Phi) is 6.20. The molecule has 10 nitrogen and oxygen atoms in total. The molecule has 136 valence electrons. The highest BCUT2D eigenvalue weighted by molar-refractivity contribution is 7.14. The van der Waals surface area contributed by atoms with Crippen LogP contribution in [-0.4, -0.2) is 34.3 Å². The lowest BCUT2D eigenvalue weighted by molar-refractivity contribution is -0.383. The second-order valence-corrected chi connectivity index (χ2v) is 6.06. The van der Waals surface area contributed by atoms with Crippen molar-refractivity contribution in [3.63, 3.8) is 0 Å². The average molecular weight is 399 g/mol. The summed E-state index contributed by atoms with van der Waals surface area (Å²) in [6.07, 6.45) is 0. The molecule has 0 unspecified atom stereocenters. The first-order chi connectivity index (χ1) is 12.3. The number of carbonyl (C=O) groups is 3. The maximum Gasteiger partial charge on any atom is 0.358 e. The Morgan fingerprint density at radius 3 is 2.73 bits per heavy atom. The van der Waals surface area contributed by atoms with Gasteiger partial charge in [-0.15, -0.1) is 11.3 Å². The van der Waals surface area contributed by atoms with E-state index in [1.165, 1.54) is 24.4 Å². The van der Waals surface area contributed by atoms with Crippen molar-refractivity contribution in [2.45, 2.75) is 6.92 Å². The normalized spacial score (nSPS) is 10.1. The number of ether oxygens (including phenoxy) is 1. The number of benzene rings is 1. The van der Waals surface area contributed by atoms with Gasteiger partial charge in [-0.05, 0) is 12.1 Å². The number of thiazole rings is 1. The van der Waals surface area contributed by atoms with Crippen LogP contribution in [0.5, 0.6) is 0 Å². The summed E-state index contributed by atoms with van der Waals surface area (Å²) in [6, 6.07) is 3.72. The van der Waals surface area contributed by atoms with Gasteiger partial charge >= 0.3 is 5.97 Å². The van der Waals surface area contributed by atoms with Gasteiger partial charge in [0.05, 0.1) is 4.92 Å². The molecule has 2 amide bonds. The van der Waals surface area contributed by atoms with E-state index in [0.717, 1.165) is 17.4 Å². The SMILES string of the molecule is CC(=O)Nc1nc(C(=O)OCC(=O)Nc2ccc(Cl)cc2[N+](=O)[O-])cs1. The van der Waals surface area contributed by atoms with E-state index in [4.69, 9.17) is 16.3 Å². The first kappa shape index (κ1) is 19.3. The Bertz CT molecular complexity index is 884. The predicted molar refractivity (Wildman–Crippen MR) is 93.4 cm³/mol. The van der Waals surface area contributed by atoms with Crippen molar-refractivity contribution >= 4 is 57.2 Å². The summed E-state index contributed by atoms with van der Waals surface area (Å²) in [4.78, 5) is 48.7. The van der Waals surface area contributed by atoms with Crippen LogP contribution in [0.15, 0.2) is 23.6 Å². The summed E-state index contributed by atoms with van der Waals surface area (Å²) >= 11 is 6.70. The van der Waals surface area contributed by atoms with Crippen molar-refractivity contribution in [1.82, 2.24) is 4.98 Å². The molecule has 2 rings (SSSR count). The number of nitrogens with one attached hydrogen (secondary N) is 2. The molecular formula is C14H11ClN4O6S. The van der Waals surface area contributed by atoms with Crippen molar-refractivity contribution in [3.05, 3.63) is 44.4 Å². The lowest BCUT2D eigenvalue weighted by Crippen LogP contribution is -2.21. The van der Waals surface area contributed by atoms with E-state index in [-0.39, 0.29) is 27.4 Å². The van der Waals surface area contributed by atoms with Crippen LogP contribution in [0.3, 0.4) is 0 Å². The molecule has 12 heteroatoms. The van der Waals surface area contributed by atoms with Crippen LogP contribution in [-0.2, 0) is 14.3 Å². The summed E-state index contributed by atoms with van der Waals surface area (Å²) < 4.78 is 4.79. The van der Waals surface area contributed by atoms with Gasteiger partial charge in [-0.1, -0.05) is 11.6 Å². The molecular weight excluding hydrogens is 388 g/mol. The standard InChI is InChI=1S/C14H11ClN4O6S/c1-7(20)16-14-18-10(6-26-14)13(22)25-5-12(21)17-9-3-2-8(15)4-11(9)19(23)24/h2-4,6H,5H2,1H3,(H,17,21)(H,16,18,20). The van der Waals surface area contributed by atoms with Gasteiger partial charge in [-0.3, -0.25) is 19.7 Å². The summed E-state index contributed by atoms with van der Waals surface area (Å²) in [5.41, 5.74) is -0.553. The second-order valence-electron chi connectivity index (χ2n) is 4.76. The predicted octanol–water partition coefficient (Wildman–Crippen LogP) is 2.46. The molecule has 0 radical (unpaired) electrons. The van der Waals surface area contributed by atoms with Crippen LogP contribution in [0.1, 0.15) is 17.4 Å². The maximum atomic E-state index is 11.8. The monoisotopic (exact) mass is 398 g/mol. The van der Waals surface area contributed by atoms with Crippen LogP contribution < -0.4 is 10.6 Å². The number of esters is 1. The number of halogens is 1. The number of nitro groups is 1. The van der Waals surface area contributed by atoms with Crippen molar-refractivity contribution in [3.8, 4) is 0 Å². The zero-order chi connectivity index (χ0) is 19.3. The van der Waals surface area contributed by atoms with Crippen molar-refractivity contribution < 1.29 is 24.0 Å². The number of nitrogens with zero attached hydrogens (tertiary/aromatic N) is 2. The summed E-state index contributed by atoms with van der Waals surface area (Å²) in [5, 5.41) is 17.3. The highest BCUT2D eigenvalue weighted by Gasteiger charge is 2.18. The fourth-order valence-corrected chi connectivity index (χ4v) is 2.62. The molecule has 0 fully saturated rings. The van der Waals surface area contributed by atoms with Gasteiger partial charge in [0.2, 0.25) is 5.91 Å². The van der Waals surface area contributed by atoms with Crippen LogP contribution in [0.25, 0.3) is 0 Å². The third-order valence-electron chi connectivity index (χ3n) is 2.76. The summed E-state index contributed by atoms with van der Waals surface area (Å²) in [5.74, 6) is -2.00. The largest absolute Gasteiger partial charge is 0.451 e. The third-order valence-corrected chi connectivity index (χ3v) is 3.75. The minimum Gasteiger partial charge on any atom is -0.451 e. The quantitative estimate of drug-likeness (QED) is 0.432. The van der Waals surface area contributed by atoms with Crippen molar-refractivity contribution in [1.29, 1.82) is 0 Å². The molecule has 26 heavy (non-hydrogen) atoms. The van der Waals surface area contributed by atoms with Gasteiger partial charge in [-0.2, -0.15) is 0 Å². The van der Waals surface area contributed by atoms with E-state index >= 15 is 0 Å². The molecule has 2 aromatic rings. The minimum atomic E-state index is -0.876. The van der Waals surface area contributed by atoms with Gasteiger partial charge in [0, 0.05) is 23.4 Å². The average Bonchev–Trinajstić information content (AvgIpc) is 3.02. The molecule has 0 aliphatic rings. The van der Waals surface area contributed by atoms with E-state index in [1.807, 2.05) is 0 Å². The molecule has 1 heterocycles. The Balaban J connectivity index is 1.94. The summed E-state index contributed by atoms with van der Waals surface area (Å²) in [7, 11) is 0. The highest BCUT2D eigenvalue weighted by Crippen LogP contribution is 2.27. The van der Waals surface area contributed by atoms with E-state index in [0.29, 0.717) is 0 Å². The van der Waals surface area contributed by atoms with Crippen molar-refractivity contribution in [2.24, 2.45) is 0 Å². The molecule has 0 bridgehead atoms. The van der Waals surface area contributed by atoms with Gasteiger partial charge in [0.15, 0.2) is 17.4 Å². The van der Waals surface area contributed by atoms with Crippen LogP contribution in [0, 0.1) is 10.1 Å². The zero-order valence-corrected chi connectivity index (χ0v) is 14.7. The Hall–Kier alpha value is -3.05. The van der Waals surface area contributed by atoms with E-state index in [9.17, 15) is 24.5 Å². The first-order valence-electron chi connectivity index (χ1n) is 6.90.